The Morgan fingerprint density at radius 1 is 1.41 bits per heavy atom. The molecule has 6 heteroatoms. The highest BCUT2D eigenvalue weighted by molar-refractivity contribution is 6.04. The zero-order valence-electron chi connectivity index (χ0n) is 10.3. The zero-order valence-corrected chi connectivity index (χ0v) is 10.3. The van der Waals surface area contributed by atoms with Crippen LogP contribution in [0.25, 0.3) is 0 Å². The smallest absolute Gasteiger partial charge is 0.260 e. The molecule has 0 aliphatic heterocycles. The van der Waals surface area contributed by atoms with E-state index in [1.165, 1.54) is 0 Å². The molecule has 0 saturated carbocycles. The minimum atomic E-state index is -0.190. The van der Waals surface area contributed by atoms with Gasteiger partial charge in [0, 0.05) is 24.0 Å². The minimum Gasteiger partial charge on any atom is -0.305 e. The Morgan fingerprint density at radius 2 is 2.12 bits per heavy atom. The third kappa shape index (κ3) is 1.93. The van der Waals surface area contributed by atoms with Gasteiger partial charge in [-0.3, -0.25) is 14.6 Å². The Hall–Kier alpha value is -2.11. The van der Waals surface area contributed by atoms with Crippen LogP contribution in [-0.4, -0.2) is 25.9 Å². The normalized spacial score (nSPS) is 10.6. The number of amides is 1. The Labute approximate surface area is 99.0 Å². The van der Waals surface area contributed by atoms with Crippen molar-refractivity contribution in [3.05, 3.63) is 28.7 Å². The SMILES string of the molecule is Cc1[nH]nc(NC(=O)c2cnn(C)c2C)c1C. The van der Waals surface area contributed by atoms with E-state index in [4.69, 9.17) is 0 Å². The van der Waals surface area contributed by atoms with E-state index < -0.39 is 0 Å². The van der Waals surface area contributed by atoms with Crippen LogP contribution in [0.4, 0.5) is 5.82 Å². The van der Waals surface area contributed by atoms with Gasteiger partial charge in [0.15, 0.2) is 5.82 Å². The van der Waals surface area contributed by atoms with Crippen LogP contribution in [0.3, 0.4) is 0 Å². The van der Waals surface area contributed by atoms with Crippen molar-refractivity contribution in [2.24, 2.45) is 7.05 Å². The number of hydrogen-bond acceptors (Lipinski definition) is 3. The fourth-order valence-electron chi connectivity index (χ4n) is 1.50. The summed E-state index contributed by atoms with van der Waals surface area (Å²) in [5.41, 5.74) is 3.28. The first-order valence-electron chi connectivity index (χ1n) is 5.32. The molecule has 0 aliphatic carbocycles. The number of hydrogen-bond donors (Lipinski definition) is 2. The highest BCUT2D eigenvalue weighted by Crippen LogP contribution is 2.15. The van der Waals surface area contributed by atoms with Gasteiger partial charge in [-0.05, 0) is 20.8 Å². The number of nitrogens with zero attached hydrogens (tertiary/aromatic N) is 3. The molecule has 2 aromatic heterocycles. The van der Waals surface area contributed by atoms with Crippen LogP contribution in [0.5, 0.6) is 0 Å². The fourth-order valence-corrected chi connectivity index (χ4v) is 1.50. The average Bonchev–Trinajstić information content (AvgIpc) is 2.77. The molecule has 2 aromatic rings. The third-order valence-electron chi connectivity index (χ3n) is 2.96. The molecule has 6 nitrogen and oxygen atoms in total. The lowest BCUT2D eigenvalue weighted by atomic mass is 10.2. The molecule has 0 aliphatic rings. The Balaban J connectivity index is 2.23. The molecule has 90 valence electrons. The van der Waals surface area contributed by atoms with Crippen LogP contribution >= 0.6 is 0 Å². The summed E-state index contributed by atoms with van der Waals surface area (Å²) in [7, 11) is 1.80. The van der Waals surface area contributed by atoms with E-state index in [9.17, 15) is 4.79 Å². The molecule has 0 bridgehead atoms. The maximum Gasteiger partial charge on any atom is 0.260 e. The number of carbonyl (C=O) groups is 1. The second-order valence-electron chi connectivity index (χ2n) is 4.04. The molecule has 0 spiro atoms. The summed E-state index contributed by atoms with van der Waals surface area (Å²) in [4.78, 5) is 12.0. The molecule has 2 N–H and O–H groups in total. The number of nitrogens with one attached hydrogen (secondary N) is 2. The lowest BCUT2D eigenvalue weighted by Crippen LogP contribution is -2.14. The van der Waals surface area contributed by atoms with E-state index in [1.54, 1.807) is 17.9 Å². The summed E-state index contributed by atoms with van der Waals surface area (Å²) in [6.07, 6.45) is 1.56. The van der Waals surface area contributed by atoms with E-state index in [1.807, 2.05) is 20.8 Å². The Morgan fingerprint density at radius 3 is 2.59 bits per heavy atom. The second-order valence-corrected chi connectivity index (χ2v) is 4.04. The summed E-state index contributed by atoms with van der Waals surface area (Å²) < 4.78 is 1.66. The molecule has 0 radical (unpaired) electrons. The second kappa shape index (κ2) is 4.04. The van der Waals surface area contributed by atoms with Crippen LogP contribution in [0, 0.1) is 20.8 Å². The van der Waals surface area contributed by atoms with Crippen LogP contribution in [0.1, 0.15) is 27.3 Å². The van der Waals surface area contributed by atoms with E-state index in [-0.39, 0.29) is 5.91 Å². The van der Waals surface area contributed by atoms with Crippen molar-refractivity contribution in [3.63, 3.8) is 0 Å². The largest absolute Gasteiger partial charge is 0.305 e. The molecular weight excluding hydrogens is 218 g/mol. The summed E-state index contributed by atoms with van der Waals surface area (Å²) >= 11 is 0. The lowest BCUT2D eigenvalue weighted by molar-refractivity contribution is 0.102. The van der Waals surface area contributed by atoms with Gasteiger partial charge in [0.05, 0.1) is 11.8 Å². The first-order valence-corrected chi connectivity index (χ1v) is 5.32. The van der Waals surface area contributed by atoms with Crippen molar-refractivity contribution >= 4 is 11.7 Å². The molecule has 0 fully saturated rings. The molecule has 0 unspecified atom stereocenters. The third-order valence-corrected chi connectivity index (χ3v) is 2.96. The quantitative estimate of drug-likeness (QED) is 0.821. The van der Waals surface area contributed by atoms with Crippen molar-refractivity contribution in [1.29, 1.82) is 0 Å². The monoisotopic (exact) mass is 233 g/mol. The standard InChI is InChI=1S/C11H15N5O/c1-6-7(2)14-15-10(6)13-11(17)9-5-12-16(4)8(9)3/h5H,1-4H3,(H2,13,14,15,17). The van der Waals surface area contributed by atoms with Crippen LogP contribution < -0.4 is 5.32 Å². The number of rotatable bonds is 2. The summed E-state index contributed by atoms with van der Waals surface area (Å²) in [5, 5.41) is 13.7. The van der Waals surface area contributed by atoms with Gasteiger partial charge < -0.3 is 5.32 Å². The topological polar surface area (TPSA) is 75.6 Å². The summed E-state index contributed by atoms with van der Waals surface area (Å²) in [6, 6.07) is 0. The molecule has 2 rings (SSSR count). The minimum absolute atomic E-state index is 0.190. The zero-order chi connectivity index (χ0) is 12.6. The van der Waals surface area contributed by atoms with Gasteiger partial charge in [-0.15, -0.1) is 0 Å². The van der Waals surface area contributed by atoms with Crippen molar-refractivity contribution < 1.29 is 4.79 Å². The molecule has 0 aromatic carbocycles. The molecule has 17 heavy (non-hydrogen) atoms. The molecular formula is C11H15N5O. The van der Waals surface area contributed by atoms with Crippen molar-refractivity contribution in [2.75, 3.05) is 5.32 Å². The summed E-state index contributed by atoms with van der Waals surface area (Å²) in [5.74, 6) is 0.376. The van der Waals surface area contributed by atoms with Crippen LogP contribution in [-0.2, 0) is 7.05 Å². The van der Waals surface area contributed by atoms with Gasteiger partial charge in [0.25, 0.3) is 5.91 Å². The number of carbonyl (C=O) groups excluding carboxylic acids is 1. The number of aromatic nitrogens is 4. The van der Waals surface area contributed by atoms with E-state index >= 15 is 0 Å². The van der Waals surface area contributed by atoms with Crippen molar-refractivity contribution in [1.82, 2.24) is 20.0 Å². The fraction of sp³-hybridized carbons (Fsp3) is 0.364. The maximum atomic E-state index is 12.0. The van der Waals surface area contributed by atoms with Gasteiger partial charge in [0.1, 0.15) is 0 Å². The maximum absolute atomic E-state index is 12.0. The van der Waals surface area contributed by atoms with Gasteiger partial charge >= 0.3 is 0 Å². The van der Waals surface area contributed by atoms with E-state index in [2.05, 4.69) is 20.6 Å². The molecule has 0 saturated heterocycles. The number of H-pyrrole nitrogens is 1. The molecule has 2 heterocycles. The molecule has 1 amide bonds. The van der Waals surface area contributed by atoms with E-state index in [0.717, 1.165) is 17.0 Å². The highest BCUT2D eigenvalue weighted by atomic mass is 16.1. The number of aromatic amines is 1. The van der Waals surface area contributed by atoms with Crippen LogP contribution in [0.15, 0.2) is 6.20 Å². The Bertz CT molecular complexity index is 566. The van der Waals surface area contributed by atoms with Gasteiger partial charge in [-0.25, -0.2) is 0 Å². The molecule has 0 atom stereocenters. The van der Waals surface area contributed by atoms with Crippen LogP contribution in [0.2, 0.25) is 0 Å². The highest BCUT2D eigenvalue weighted by Gasteiger charge is 2.15. The number of aryl methyl sites for hydroxylation is 2. The lowest BCUT2D eigenvalue weighted by Gasteiger charge is -2.02. The predicted octanol–water partition coefficient (Wildman–Crippen LogP) is 1.32. The van der Waals surface area contributed by atoms with E-state index in [0.29, 0.717) is 11.4 Å². The van der Waals surface area contributed by atoms with Gasteiger partial charge in [-0.2, -0.15) is 10.2 Å². The van der Waals surface area contributed by atoms with Gasteiger partial charge in [0.2, 0.25) is 0 Å². The number of anilines is 1. The Kier molecular flexibility index (Phi) is 2.71. The first kappa shape index (κ1) is 11.4. The average molecular weight is 233 g/mol. The van der Waals surface area contributed by atoms with Crippen molar-refractivity contribution in [3.8, 4) is 0 Å². The first-order chi connectivity index (χ1) is 8.00. The summed E-state index contributed by atoms with van der Waals surface area (Å²) in [6.45, 7) is 5.67. The van der Waals surface area contributed by atoms with Gasteiger partial charge in [-0.1, -0.05) is 0 Å². The predicted molar refractivity (Wildman–Crippen MR) is 64.0 cm³/mol. The van der Waals surface area contributed by atoms with Crippen molar-refractivity contribution in [2.45, 2.75) is 20.8 Å².